The van der Waals surface area contributed by atoms with E-state index in [9.17, 15) is 0 Å². The summed E-state index contributed by atoms with van der Waals surface area (Å²) in [5, 5.41) is 2.49. The molecule has 0 aliphatic heterocycles. The molecule has 0 fully saturated rings. The number of aromatic nitrogens is 1. The van der Waals surface area contributed by atoms with Crippen LogP contribution in [0.2, 0.25) is 0 Å². The Morgan fingerprint density at radius 3 is 1.92 bits per heavy atom. The molecule has 1 aromatic heterocycles. The fourth-order valence-electron chi connectivity index (χ4n) is 4.84. The number of nitrogens with zero attached hydrogens (tertiary/aromatic N) is 3. The second kappa shape index (κ2) is 12.8. The third-order valence-corrected chi connectivity index (χ3v) is 6.57. The number of para-hydroxylation sites is 1. The van der Waals surface area contributed by atoms with Gasteiger partial charge >= 0.3 is 33.3 Å². The molecule has 3 nitrogen and oxygen atoms in total. The van der Waals surface area contributed by atoms with E-state index in [0.29, 0.717) is 18.4 Å². The Hall–Kier alpha value is -2.49. The molecule has 192 valence electrons. The summed E-state index contributed by atoms with van der Waals surface area (Å²) in [6.45, 7) is 9.66. The van der Waals surface area contributed by atoms with Gasteiger partial charge in [0.05, 0.1) is 17.1 Å². The molecule has 0 saturated heterocycles. The van der Waals surface area contributed by atoms with Gasteiger partial charge in [0.2, 0.25) is 0 Å². The van der Waals surface area contributed by atoms with Gasteiger partial charge in [-0.05, 0) is 40.5 Å². The van der Waals surface area contributed by atoms with E-state index in [1.165, 1.54) is 33.0 Å². The van der Waals surface area contributed by atoms with E-state index in [-0.39, 0.29) is 13.1 Å². The normalized spacial score (nSPS) is 14.7. The van der Waals surface area contributed by atoms with E-state index in [0.717, 1.165) is 29.2 Å². The fourth-order valence-corrected chi connectivity index (χ4v) is 4.84. The molecule has 0 bridgehead atoms. The Morgan fingerprint density at radius 2 is 1.35 bits per heavy atom. The average Bonchev–Trinajstić information content (AvgIpc) is 3.19. The SMILES string of the molecule is CC(C)c1cccc(C(C)C)c1N=C1C(=NCCc2ccccn2)c2cccc3cccc1c23.[Cl][Fe][Cl]. The van der Waals surface area contributed by atoms with Gasteiger partial charge in [0, 0.05) is 41.4 Å². The van der Waals surface area contributed by atoms with Crippen molar-refractivity contribution >= 4 is 48.1 Å². The van der Waals surface area contributed by atoms with Crippen molar-refractivity contribution in [3.8, 4) is 0 Å². The van der Waals surface area contributed by atoms with E-state index in [2.05, 4.69) is 93.3 Å². The third kappa shape index (κ3) is 6.16. The Morgan fingerprint density at radius 1 is 0.757 bits per heavy atom. The molecular weight excluding hydrogens is 541 g/mol. The number of aliphatic imine (C=N–C) groups is 2. The summed E-state index contributed by atoms with van der Waals surface area (Å²) < 4.78 is 0. The minimum absolute atomic E-state index is 0.194. The molecule has 0 spiro atoms. The molecule has 4 aromatic rings. The Balaban J connectivity index is 0.00000102. The maximum atomic E-state index is 5.42. The van der Waals surface area contributed by atoms with Crippen molar-refractivity contribution in [2.75, 3.05) is 6.54 Å². The fraction of sp³-hybridized carbons (Fsp3) is 0.258. The number of hydrogen-bond acceptors (Lipinski definition) is 3. The predicted octanol–water partition coefficient (Wildman–Crippen LogP) is 9.02. The molecule has 37 heavy (non-hydrogen) atoms. The van der Waals surface area contributed by atoms with Crippen LogP contribution in [0.1, 0.15) is 67.5 Å². The predicted molar refractivity (Wildman–Crippen MR) is 156 cm³/mol. The summed E-state index contributed by atoms with van der Waals surface area (Å²) in [4.78, 5) is 15.0. The number of hydrogen-bond donors (Lipinski definition) is 0. The van der Waals surface area contributed by atoms with Crippen LogP contribution in [0.25, 0.3) is 10.8 Å². The molecule has 1 aliphatic rings. The van der Waals surface area contributed by atoms with Gasteiger partial charge in [0.25, 0.3) is 0 Å². The zero-order valence-corrected chi connectivity index (χ0v) is 24.1. The van der Waals surface area contributed by atoms with Gasteiger partial charge in [-0.2, -0.15) is 0 Å². The molecular formula is C31H31Cl2FeN3. The quantitative estimate of drug-likeness (QED) is 0.213. The molecule has 1 aliphatic carbocycles. The number of pyridine rings is 1. The van der Waals surface area contributed by atoms with E-state index >= 15 is 0 Å². The second-order valence-electron chi connectivity index (χ2n) is 9.62. The summed E-state index contributed by atoms with van der Waals surface area (Å²) in [7, 11) is 9.53. The number of benzene rings is 3. The monoisotopic (exact) mass is 571 g/mol. The van der Waals surface area contributed by atoms with Crippen LogP contribution in [0.15, 0.2) is 89.0 Å². The van der Waals surface area contributed by atoms with Crippen molar-refractivity contribution in [3.63, 3.8) is 0 Å². The molecule has 1 heterocycles. The molecule has 3 aromatic carbocycles. The van der Waals surface area contributed by atoms with Gasteiger partial charge in [-0.1, -0.05) is 88.4 Å². The van der Waals surface area contributed by atoms with Crippen LogP contribution in [0.4, 0.5) is 5.69 Å². The van der Waals surface area contributed by atoms with Crippen LogP contribution in [0.3, 0.4) is 0 Å². The summed E-state index contributed by atoms with van der Waals surface area (Å²) in [5.41, 5.74) is 9.08. The average molecular weight is 572 g/mol. The van der Waals surface area contributed by atoms with Crippen molar-refractivity contribution in [2.45, 2.75) is 46.0 Å². The van der Waals surface area contributed by atoms with Crippen LogP contribution < -0.4 is 0 Å². The van der Waals surface area contributed by atoms with Crippen LogP contribution in [0, 0.1) is 0 Å². The zero-order chi connectivity index (χ0) is 26.4. The van der Waals surface area contributed by atoms with Gasteiger partial charge < -0.3 is 0 Å². The van der Waals surface area contributed by atoms with Crippen molar-refractivity contribution in [2.24, 2.45) is 9.98 Å². The van der Waals surface area contributed by atoms with Gasteiger partial charge in [-0.25, -0.2) is 4.99 Å². The first-order valence-corrected chi connectivity index (χ1v) is 15.5. The Bertz CT molecular complexity index is 1400. The van der Waals surface area contributed by atoms with Crippen molar-refractivity contribution in [3.05, 3.63) is 107 Å². The van der Waals surface area contributed by atoms with Crippen LogP contribution in [-0.2, 0) is 19.6 Å². The van der Waals surface area contributed by atoms with E-state index in [4.69, 9.17) is 30.2 Å². The third-order valence-electron chi connectivity index (χ3n) is 6.57. The van der Waals surface area contributed by atoms with Gasteiger partial charge in [-0.3, -0.25) is 9.98 Å². The number of rotatable bonds is 6. The first kappa shape index (κ1) is 27.5. The van der Waals surface area contributed by atoms with Crippen molar-refractivity contribution in [1.82, 2.24) is 4.98 Å². The summed E-state index contributed by atoms with van der Waals surface area (Å²) in [6, 6.07) is 25.6. The second-order valence-corrected chi connectivity index (χ2v) is 11.4. The van der Waals surface area contributed by atoms with Crippen molar-refractivity contribution < 1.29 is 13.1 Å². The van der Waals surface area contributed by atoms with Gasteiger partial charge in [0.15, 0.2) is 0 Å². The van der Waals surface area contributed by atoms with Crippen molar-refractivity contribution in [1.29, 1.82) is 0 Å². The van der Waals surface area contributed by atoms with Crippen LogP contribution >= 0.6 is 20.2 Å². The van der Waals surface area contributed by atoms with Crippen LogP contribution in [-0.4, -0.2) is 23.0 Å². The zero-order valence-electron chi connectivity index (χ0n) is 21.5. The summed E-state index contributed by atoms with van der Waals surface area (Å²) in [6.07, 6.45) is 2.65. The molecule has 0 radical (unpaired) electrons. The molecule has 0 saturated carbocycles. The topological polar surface area (TPSA) is 37.6 Å². The first-order valence-electron chi connectivity index (χ1n) is 12.5. The molecule has 0 N–H and O–H groups in total. The molecule has 0 unspecified atom stereocenters. The molecule has 0 atom stereocenters. The van der Waals surface area contributed by atoms with Gasteiger partial charge in [0.1, 0.15) is 0 Å². The standard InChI is InChI=1S/C31H31N3.2ClH.Fe/c1-20(2)24-13-9-14-25(21(3)4)29(24)34-31-27-16-8-11-22-10-7-15-26(28(22)27)30(31)33-19-17-23-12-5-6-18-32-23;;;/h5-16,18,20-21H,17,19H2,1-4H3;2*1H;/q;;;+2/p-2. The molecule has 6 heteroatoms. The first-order chi connectivity index (χ1) is 18.0. The van der Waals surface area contributed by atoms with Crippen LogP contribution in [0.5, 0.6) is 0 Å². The Labute approximate surface area is 234 Å². The minimum atomic E-state index is 0.194. The van der Waals surface area contributed by atoms with Gasteiger partial charge in [-0.15, -0.1) is 0 Å². The van der Waals surface area contributed by atoms with E-state index < -0.39 is 0 Å². The molecule has 5 rings (SSSR count). The van der Waals surface area contributed by atoms with E-state index in [1.807, 2.05) is 18.3 Å². The van der Waals surface area contributed by atoms with E-state index in [1.54, 1.807) is 0 Å². The summed E-state index contributed by atoms with van der Waals surface area (Å²) >= 11 is 0.194. The number of halogens is 2. The molecule has 0 amide bonds. The Kier molecular flexibility index (Phi) is 9.56. The maximum absolute atomic E-state index is 5.42. The summed E-state index contributed by atoms with van der Waals surface area (Å²) in [5.74, 6) is 0.782.